The number of hydrogen-bond donors (Lipinski definition) is 4. The van der Waals surface area contributed by atoms with Gasteiger partial charge in [0.15, 0.2) is 0 Å². The molecule has 1 amide bonds. The molecule has 0 radical (unpaired) electrons. The lowest BCUT2D eigenvalue weighted by Crippen LogP contribution is -2.44. The van der Waals surface area contributed by atoms with Gasteiger partial charge in [0, 0.05) is 23.5 Å². The summed E-state index contributed by atoms with van der Waals surface area (Å²) in [6.07, 6.45) is 1.15. The minimum Gasteiger partial charge on any atom is -0.465 e. The maximum Gasteiger partial charge on any atom is 0.405 e. The summed E-state index contributed by atoms with van der Waals surface area (Å²) in [5.74, 6) is 0. The van der Waals surface area contributed by atoms with E-state index in [1.807, 2.05) is 30.5 Å². The third-order valence-electron chi connectivity index (χ3n) is 2.74. The molecular formula is C12H13N3O2S. The second-order valence-corrected chi connectivity index (χ2v) is 4.44. The van der Waals surface area contributed by atoms with Crippen LogP contribution in [0.25, 0.3) is 10.9 Å². The highest BCUT2D eigenvalue weighted by Crippen LogP contribution is 2.19. The fourth-order valence-electron chi connectivity index (χ4n) is 1.89. The number of rotatable bonds is 4. The van der Waals surface area contributed by atoms with Crippen LogP contribution in [0.1, 0.15) is 5.56 Å². The lowest BCUT2D eigenvalue weighted by atomic mass is 10.1. The van der Waals surface area contributed by atoms with Gasteiger partial charge in [0.25, 0.3) is 0 Å². The number of fused-ring (bicyclic) bond motifs is 1. The van der Waals surface area contributed by atoms with Crippen molar-refractivity contribution >= 4 is 34.2 Å². The molecule has 0 spiro atoms. The molecule has 0 aliphatic rings. The smallest absolute Gasteiger partial charge is 0.405 e. The molecule has 2 rings (SSSR count). The molecule has 0 saturated carbocycles. The molecule has 0 bridgehead atoms. The monoisotopic (exact) mass is 263 g/mol. The first-order valence-electron chi connectivity index (χ1n) is 5.41. The van der Waals surface area contributed by atoms with Gasteiger partial charge in [0.05, 0.1) is 11.0 Å². The van der Waals surface area contributed by atoms with Crippen LogP contribution < -0.4 is 11.1 Å². The van der Waals surface area contributed by atoms with Crippen molar-refractivity contribution in [1.82, 2.24) is 10.3 Å². The maximum atomic E-state index is 10.7. The van der Waals surface area contributed by atoms with Gasteiger partial charge < -0.3 is 21.1 Å². The summed E-state index contributed by atoms with van der Waals surface area (Å²) in [7, 11) is 0. The van der Waals surface area contributed by atoms with Crippen molar-refractivity contribution in [3.63, 3.8) is 0 Å². The highest BCUT2D eigenvalue weighted by molar-refractivity contribution is 7.80. The van der Waals surface area contributed by atoms with Gasteiger partial charge in [-0.1, -0.05) is 30.4 Å². The molecule has 18 heavy (non-hydrogen) atoms. The summed E-state index contributed by atoms with van der Waals surface area (Å²) >= 11 is 4.87. The predicted molar refractivity (Wildman–Crippen MR) is 73.7 cm³/mol. The molecule has 1 aromatic heterocycles. The van der Waals surface area contributed by atoms with E-state index in [0.717, 1.165) is 16.5 Å². The van der Waals surface area contributed by atoms with E-state index in [1.165, 1.54) is 0 Å². The fraction of sp³-hybridized carbons (Fsp3) is 0.167. The van der Waals surface area contributed by atoms with Gasteiger partial charge in [-0.25, -0.2) is 4.79 Å². The number of benzene rings is 1. The first-order chi connectivity index (χ1) is 8.58. The van der Waals surface area contributed by atoms with Crippen molar-refractivity contribution in [2.75, 3.05) is 0 Å². The number of aromatic nitrogens is 1. The minimum absolute atomic E-state index is 0.141. The van der Waals surface area contributed by atoms with Gasteiger partial charge in [-0.2, -0.15) is 0 Å². The zero-order valence-corrected chi connectivity index (χ0v) is 10.3. The Morgan fingerprint density at radius 3 is 2.89 bits per heavy atom. The molecule has 5 N–H and O–H groups in total. The summed E-state index contributed by atoms with van der Waals surface area (Å²) in [5, 5.41) is 12.1. The van der Waals surface area contributed by atoms with Crippen LogP contribution in [0.4, 0.5) is 4.79 Å². The molecule has 0 unspecified atom stereocenters. The number of carbonyl (C=O) groups is 1. The summed E-state index contributed by atoms with van der Waals surface area (Å²) < 4.78 is 0. The Hall–Kier alpha value is -2.08. The molecule has 94 valence electrons. The third kappa shape index (κ3) is 2.60. The normalized spacial score (nSPS) is 12.2. The highest BCUT2D eigenvalue weighted by Gasteiger charge is 2.16. The molecule has 0 aliphatic carbocycles. The maximum absolute atomic E-state index is 10.7. The Kier molecular flexibility index (Phi) is 3.47. The fourth-order valence-corrected chi connectivity index (χ4v) is 2.03. The van der Waals surface area contributed by atoms with E-state index in [0.29, 0.717) is 6.42 Å². The second-order valence-electron chi connectivity index (χ2n) is 3.97. The molecule has 6 heteroatoms. The van der Waals surface area contributed by atoms with Gasteiger partial charge in [-0.15, -0.1) is 0 Å². The molecule has 1 heterocycles. The van der Waals surface area contributed by atoms with Crippen molar-refractivity contribution < 1.29 is 9.90 Å². The van der Waals surface area contributed by atoms with Crippen LogP contribution in [0.2, 0.25) is 0 Å². The van der Waals surface area contributed by atoms with Crippen LogP contribution in [0, 0.1) is 0 Å². The van der Waals surface area contributed by atoms with Crippen LogP contribution in [-0.4, -0.2) is 27.2 Å². The van der Waals surface area contributed by atoms with Gasteiger partial charge >= 0.3 is 6.09 Å². The van der Waals surface area contributed by atoms with Crippen molar-refractivity contribution in [3.05, 3.63) is 36.0 Å². The lowest BCUT2D eigenvalue weighted by Gasteiger charge is -2.14. The SMILES string of the molecule is NC(=S)[C@@H](Cc1c[nH]c2ccccc12)NC(=O)O. The van der Waals surface area contributed by atoms with E-state index in [-0.39, 0.29) is 4.99 Å². The van der Waals surface area contributed by atoms with Crippen LogP contribution in [-0.2, 0) is 6.42 Å². The molecule has 0 saturated heterocycles. The van der Waals surface area contributed by atoms with E-state index in [2.05, 4.69) is 10.3 Å². The van der Waals surface area contributed by atoms with E-state index < -0.39 is 12.1 Å². The second kappa shape index (κ2) is 5.05. The first-order valence-corrected chi connectivity index (χ1v) is 5.82. The summed E-state index contributed by atoms with van der Waals surface area (Å²) in [6.45, 7) is 0. The Balaban J connectivity index is 2.26. The molecule has 1 atom stereocenters. The number of para-hydroxylation sites is 1. The van der Waals surface area contributed by atoms with Crippen molar-refractivity contribution in [2.24, 2.45) is 5.73 Å². The van der Waals surface area contributed by atoms with Gasteiger partial charge in [0.1, 0.15) is 0 Å². The Bertz CT molecular complexity index is 594. The Labute approximate surface area is 109 Å². The quantitative estimate of drug-likeness (QED) is 0.631. The molecular weight excluding hydrogens is 250 g/mol. The first kappa shape index (κ1) is 12.4. The largest absolute Gasteiger partial charge is 0.465 e. The van der Waals surface area contributed by atoms with Gasteiger partial charge in [0.2, 0.25) is 0 Å². The number of H-pyrrole nitrogens is 1. The van der Waals surface area contributed by atoms with Crippen molar-refractivity contribution in [3.8, 4) is 0 Å². The summed E-state index contributed by atoms with van der Waals surface area (Å²) in [6, 6.07) is 7.23. The number of amides is 1. The van der Waals surface area contributed by atoms with Crippen molar-refractivity contribution in [2.45, 2.75) is 12.5 Å². The standard InChI is InChI=1S/C12H13N3O2S/c13-11(18)10(15-12(16)17)5-7-6-14-9-4-2-1-3-8(7)9/h1-4,6,10,14-15H,5H2,(H2,13,18)(H,16,17)/t10-/m1/s1. The number of nitrogens with two attached hydrogens (primary N) is 1. The third-order valence-corrected chi connectivity index (χ3v) is 3.02. The van der Waals surface area contributed by atoms with Crippen LogP contribution in [0.3, 0.4) is 0 Å². The highest BCUT2D eigenvalue weighted by atomic mass is 32.1. The zero-order valence-electron chi connectivity index (χ0n) is 9.51. The molecule has 2 aromatic rings. The van der Waals surface area contributed by atoms with Gasteiger partial charge in [-0.05, 0) is 11.6 Å². The Morgan fingerprint density at radius 2 is 2.22 bits per heavy atom. The lowest BCUT2D eigenvalue weighted by molar-refractivity contribution is 0.193. The van der Waals surface area contributed by atoms with E-state index in [9.17, 15) is 4.79 Å². The molecule has 0 aliphatic heterocycles. The zero-order chi connectivity index (χ0) is 13.1. The van der Waals surface area contributed by atoms with E-state index in [1.54, 1.807) is 0 Å². The topological polar surface area (TPSA) is 91.1 Å². The molecule has 5 nitrogen and oxygen atoms in total. The number of thiocarbonyl (C=S) groups is 1. The van der Waals surface area contributed by atoms with E-state index >= 15 is 0 Å². The summed E-state index contributed by atoms with van der Waals surface area (Å²) in [5.41, 5.74) is 7.53. The number of nitrogens with one attached hydrogen (secondary N) is 2. The number of aromatic amines is 1. The molecule has 1 aromatic carbocycles. The average molecular weight is 263 g/mol. The number of hydrogen-bond acceptors (Lipinski definition) is 2. The molecule has 0 fully saturated rings. The summed E-state index contributed by atoms with van der Waals surface area (Å²) in [4.78, 5) is 13.9. The van der Waals surface area contributed by atoms with Gasteiger partial charge in [-0.3, -0.25) is 0 Å². The minimum atomic E-state index is -1.13. The van der Waals surface area contributed by atoms with Crippen LogP contribution in [0.5, 0.6) is 0 Å². The van der Waals surface area contributed by atoms with Crippen LogP contribution >= 0.6 is 12.2 Å². The predicted octanol–water partition coefficient (Wildman–Crippen LogP) is 1.63. The number of carboxylic acid groups (broad SMARTS) is 1. The van der Waals surface area contributed by atoms with Crippen LogP contribution in [0.15, 0.2) is 30.5 Å². The average Bonchev–Trinajstić information content (AvgIpc) is 2.71. The van der Waals surface area contributed by atoms with E-state index in [4.69, 9.17) is 23.1 Å². The Morgan fingerprint density at radius 1 is 1.50 bits per heavy atom. The van der Waals surface area contributed by atoms with Crippen molar-refractivity contribution in [1.29, 1.82) is 0 Å².